The van der Waals surface area contributed by atoms with E-state index in [9.17, 15) is 14.3 Å². The Bertz CT molecular complexity index is 658. The zero-order valence-electron chi connectivity index (χ0n) is 11.3. The van der Waals surface area contributed by atoms with Gasteiger partial charge in [0, 0.05) is 17.8 Å². The molecular formula is C16H15FN2O2. The zero-order chi connectivity index (χ0) is 14.8. The number of benzene rings is 2. The van der Waals surface area contributed by atoms with Crippen molar-refractivity contribution in [3.05, 3.63) is 59.9 Å². The standard InChI is InChI=1S/C16H15FN2O2/c17-11-5-7-12(8-6-11)18-16(21)19-10-9-15(20)13-3-1-2-4-14(13)19/h1-8,15,20H,9-10H2,(H,18,21). The second kappa shape index (κ2) is 5.54. The summed E-state index contributed by atoms with van der Waals surface area (Å²) in [6, 6.07) is 12.6. The molecule has 0 bridgehead atoms. The molecule has 0 aromatic heterocycles. The first-order valence-corrected chi connectivity index (χ1v) is 6.76. The Morgan fingerprint density at radius 3 is 2.67 bits per heavy atom. The Kier molecular flexibility index (Phi) is 3.58. The van der Waals surface area contributed by atoms with E-state index in [2.05, 4.69) is 5.32 Å². The van der Waals surface area contributed by atoms with Crippen LogP contribution in [0.25, 0.3) is 0 Å². The summed E-state index contributed by atoms with van der Waals surface area (Å²) in [6.07, 6.45) is -0.0514. The normalized spacial score (nSPS) is 17.2. The SMILES string of the molecule is O=C(Nc1ccc(F)cc1)N1CCC(O)c2ccccc21. The minimum atomic E-state index is -0.545. The molecule has 3 rings (SSSR count). The van der Waals surface area contributed by atoms with E-state index in [1.54, 1.807) is 4.90 Å². The lowest BCUT2D eigenvalue weighted by molar-refractivity contribution is 0.164. The summed E-state index contributed by atoms with van der Waals surface area (Å²) >= 11 is 0. The number of carbonyl (C=O) groups excluding carboxylic acids is 1. The number of para-hydroxylation sites is 1. The smallest absolute Gasteiger partial charge is 0.326 e. The lowest BCUT2D eigenvalue weighted by atomic mass is 9.99. The number of anilines is 2. The van der Waals surface area contributed by atoms with Gasteiger partial charge >= 0.3 is 6.03 Å². The molecule has 108 valence electrons. The Morgan fingerprint density at radius 1 is 1.19 bits per heavy atom. The fraction of sp³-hybridized carbons (Fsp3) is 0.188. The summed E-state index contributed by atoms with van der Waals surface area (Å²) in [5.41, 5.74) is 1.99. The van der Waals surface area contributed by atoms with Gasteiger partial charge in [-0.2, -0.15) is 0 Å². The number of urea groups is 1. The fourth-order valence-electron chi connectivity index (χ4n) is 2.48. The molecular weight excluding hydrogens is 271 g/mol. The first kappa shape index (κ1) is 13.6. The predicted molar refractivity (Wildman–Crippen MR) is 78.8 cm³/mol. The van der Waals surface area contributed by atoms with E-state index in [1.165, 1.54) is 24.3 Å². The van der Waals surface area contributed by atoms with Gasteiger partial charge in [0.2, 0.25) is 0 Å². The minimum absolute atomic E-state index is 0.291. The molecule has 0 aliphatic carbocycles. The van der Waals surface area contributed by atoms with Crippen LogP contribution in [-0.2, 0) is 0 Å². The first-order chi connectivity index (χ1) is 10.1. The van der Waals surface area contributed by atoms with Crippen LogP contribution < -0.4 is 10.2 Å². The van der Waals surface area contributed by atoms with E-state index >= 15 is 0 Å². The Balaban J connectivity index is 1.82. The molecule has 4 nitrogen and oxygen atoms in total. The van der Waals surface area contributed by atoms with Crippen molar-refractivity contribution in [2.45, 2.75) is 12.5 Å². The van der Waals surface area contributed by atoms with Crippen molar-refractivity contribution in [2.24, 2.45) is 0 Å². The Morgan fingerprint density at radius 2 is 1.90 bits per heavy atom. The van der Waals surface area contributed by atoms with Crippen molar-refractivity contribution in [1.82, 2.24) is 0 Å². The molecule has 1 unspecified atom stereocenters. The maximum Gasteiger partial charge on any atom is 0.326 e. The number of amides is 2. The van der Waals surface area contributed by atoms with Crippen molar-refractivity contribution in [1.29, 1.82) is 0 Å². The van der Waals surface area contributed by atoms with E-state index < -0.39 is 6.10 Å². The van der Waals surface area contributed by atoms with Gasteiger partial charge in [0.05, 0.1) is 11.8 Å². The number of rotatable bonds is 1. The van der Waals surface area contributed by atoms with Crippen molar-refractivity contribution in [3.8, 4) is 0 Å². The number of hydrogen-bond donors (Lipinski definition) is 2. The molecule has 2 aromatic carbocycles. The number of aliphatic hydroxyl groups excluding tert-OH is 1. The second-order valence-corrected chi connectivity index (χ2v) is 4.95. The Labute approximate surface area is 121 Å². The number of hydrogen-bond acceptors (Lipinski definition) is 2. The monoisotopic (exact) mass is 286 g/mol. The van der Waals surface area contributed by atoms with Crippen molar-refractivity contribution in [3.63, 3.8) is 0 Å². The number of aliphatic hydroxyl groups is 1. The zero-order valence-corrected chi connectivity index (χ0v) is 11.3. The van der Waals surface area contributed by atoms with E-state index in [0.29, 0.717) is 24.3 Å². The van der Waals surface area contributed by atoms with Gasteiger partial charge in [-0.3, -0.25) is 4.90 Å². The van der Waals surface area contributed by atoms with Crippen molar-refractivity contribution in [2.75, 3.05) is 16.8 Å². The molecule has 1 aliphatic rings. The van der Waals surface area contributed by atoms with Crippen LogP contribution in [0.15, 0.2) is 48.5 Å². The topological polar surface area (TPSA) is 52.6 Å². The number of fused-ring (bicyclic) bond motifs is 1. The molecule has 21 heavy (non-hydrogen) atoms. The summed E-state index contributed by atoms with van der Waals surface area (Å²) in [6.45, 7) is 0.436. The predicted octanol–water partition coefficient (Wildman–Crippen LogP) is 3.30. The van der Waals surface area contributed by atoms with E-state index in [1.807, 2.05) is 24.3 Å². The van der Waals surface area contributed by atoms with E-state index in [0.717, 1.165) is 5.56 Å². The quantitative estimate of drug-likeness (QED) is 0.845. The summed E-state index contributed by atoms with van der Waals surface area (Å²) in [4.78, 5) is 13.9. The molecule has 0 saturated heterocycles. The molecule has 2 aromatic rings. The van der Waals surface area contributed by atoms with Crippen LogP contribution in [-0.4, -0.2) is 17.7 Å². The van der Waals surface area contributed by atoms with Gasteiger partial charge in [0.15, 0.2) is 0 Å². The lowest BCUT2D eigenvalue weighted by Gasteiger charge is -2.32. The third kappa shape index (κ3) is 2.73. The van der Waals surface area contributed by atoms with Gasteiger partial charge in [0.25, 0.3) is 0 Å². The highest BCUT2D eigenvalue weighted by Crippen LogP contribution is 2.33. The summed E-state index contributed by atoms with van der Waals surface area (Å²) in [7, 11) is 0. The number of carbonyl (C=O) groups is 1. The maximum absolute atomic E-state index is 12.9. The molecule has 0 saturated carbocycles. The Hall–Kier alpha value is -2.40. The van der Waals surface area contributed by atoms with Crippen LogP contribution in [0, 0.1) is 5.82 Å². The lowest BCUT2D eigenvalue weighted by Crippen LogP contribution is -2.39. The molecule has 1 aliphatic heterocycles. The molecule has 0 spiro atoms. The maximum atomic E-state index is 12.9. The fourth-order valence-corrected chi connectivity index (χ4v) is 2.48. The van der Waals surface area contributed by atoms with Crippen LogP contribution in [0.4, 0.5) is 20.6 Å². The largest absolute Gasteiger partial charge is 0.388 e. The highest BCUT2D eigenvalue weighted by Gasteiger charge is 2.27. The van der Waals surface area contributed by atoms with Crippen LogP contribution >= 0.6 is 0 Å². The molecule has 1 heterocycles. The van der Waals surface area contributed by atoms with E-state index in [-0.39, 0.29) is 11.8 Å². The average molecular weight is 286 g/mol. The minimum Gasteiger partial charge on any atom is -0.388 e. The summed E-state index contributed by atoms with van der Waals surface area (Å²) in [5, 5.41) is 12.7. The molecule has 1 atom stereocenters. The summed E-state index contributed by atoms with van der Waals surface area (Å²) in [5.74, 6) is -0.348. The average Bonchev–Trinajstić information content (AvgIpc) is 2.50. The molecule has 5 heteroatoms. The first-order valence-electron chi connectivity index (χ1n) is 6.76. The van der Waals surface area contributed by atoms with Gasteiger partial charge in [0.1, 0.15) is 5.82 Å². The van der Waals surface area contributed by atoms with Crippen molar-refractivity contribution >= 4 is 17.4 Å². The second-order valence-electron chi connectivity index (χ2n) is 4.95. The van der Waals surface area contributed by atoms with Crippen molar-refractivity contribution < 1.29 is 14.3 Å². The van der Waals surface area contributed by atoms with Crippen LogP contribution in [0.5, 0.6) is 0 Å². The third-order valence-corrected chi connectivity index (χ3v) is 3.55. The van der Waals surface area contributed by atoms with Gasteiger partial charge in [-0.1, -0.05) is 18.2 Å². The molecule has 2 N–H and O–H groups in total. The number of nitrogens with zero attached hydrogens (tertiary/aromatic N) is 1. The van der Waals surface area contributed by atoms with Gasteiger partial charge in [-0.05, 0) is 36.8 Å². The highest BCUT2D eigenvalue weighted by atomic mass is 19.1. The number of halogens is 1. The van der Waals surface area contributed by atoms with Crippen LogP contribution in [0.3, 0.4) is 0 Å². The number of nitrogens with one attached hydrogen (secondary N) is 1. The van der Waals surface area contributed by atoms with E-state index in [4.69, 9.17) is 0 Å². The third-order valence-electron chi connectivity index (χ3n) is 3.55. The van der Waals surface area contributed by atoms with Gasteiger partial charge in [-0.15, -0.1) is 0 Å². The molecule has 0 radical (unpaired) electrons. The molecule has 0 fully saturated rings. The van der Waals surface area contributed by atoms with Crippen LogP contribution in [0.2, 0.25) is 0 Å². The van der Waals surface area contributed by atoms with Gasteiger partial charge in [-0.25, -0.2) is 9.18 Å². The highest BCUT2D eigenvalue weighted by molar-refractivity contribution is 6.02. The van der Waals surface area contributed by atoms with Gasteiger partial charge < -0.3 is 10.4 Å². The molecule has 2 amide bonds. The summed E-state index contributed by atoms with van der Waals surface area (Å²) < 4.78 is 12.9. The van der Waals surface area contributed by atoms with Crippen LogP contribution in [0.1, 0.15) is 18.1 Å².